The first kappa shape index (κ1) is 23.0. The molecule has 1 aromatic carbocycles. The number of rotatable bonds is 6. The van der Waals surface area contributed by atoms with Crippen LogP contribution in [-0.4, -0.2) is 67.5 Å². The van der Waals surface area contributed by atoms with Crippen molar-refractivity contribution in [3.8, 4) is 17.2 Å². The van der Waals surface area contributed by atoms with E-state index in [9.17, 15) is 18.8 Å². The molecular weight excluding hydrogens is 441 g/mol. The summed E-state index contributed by atoms with van der Waals surface area (Å²) in [6, 6.07) is 6.14. The Balaban J connectivity index is 1.64. The van der Waals surface area contributed by atoms with Crippen LogP contribution in [0.2, 0.25) is 0 Å². The molecular formula is C23H22FN7O3. The highest BCUT2D eigenvalue weighted by Gasteiger charge is 2.39. The summed E-state index contributed by atoms with van der Waals surface area (Å²) in [5.41, 5.74) is 2.31. The molecule has 1 aliphatic heterocycles. The lowest BCUT2D eigenvalue weighted by atomic mass is 10.0. The lowest BCUT2D eigenvalue weighted by Crippen LogP contribution is -2.47. The van der Waals surface area contributed by atoms with Crippen molar-refractivity contribution in [2.75, 3.05) is 13.1 Å². The summed E-state index contributed by atoms with van der Waals surface area (Å²) in [4.78, 5) is 47.2. The summed E-state index contributed by atoms with van der Waals surface area (Å²) in [5.74, 6) is -0.715. The maximum Gasteiger partial charge on any atom is 0.245 e. The van der Waals surface area contributed by atoms with Crippen molar-refractivity contribution in [1.82, 2.24) is 30.0 Å². The smallest absolute Gasteiger partial charge is 0.245 e. The molecule has 0 radical (unpaired) electrons. The number of amides is 2. The fourth-order valence-electron chi connectivity index (χ4n) is 4.05. The minimum atomic E-state index is -1.34. The topological polar surface area (TPSA) is 134 Å². The molecule has 0 saturated carbocycles. The molecule has 2 amide bonds. The van der Waals surface area contributed by atoms with Crippen LogP contribution in [0.5, 0.6) is 0 Å². The quantitative estimate of drug-likeness (QED) is 0.433. The normalized spacial score (nSPS) is 17.5. The summed E-state index contributed by atoms with van der Waals surface area (Å²) >= 11 is 0. The van der Waals surface area contributed by atoms with Crippen LogP contribution >= 0.6 is 0 Å². The van der Waals surface area contributed by atoms with Gasteiger partial charge < -0.3 is 10.2 Å². The first-order valence-corrected chi connectivity index (χ1v) is 10.7. The zero-order valence-electron chi connectivity index (χ0n) is 18.7. The van der Waals surface area contributed by atoms with Crippen molar-refractivity contribution in [2.45, 2.75) is 39.0 Å². The van der Waals surface area contributed by atoms with Crippen LogP contribution in [0, 0.1) is 18.3 Å². The third-order valence-corrected chi connectivity index (χ3v) is 5.70. The van der Waals surface area contributed by atoms with E-state index in [0.29, 0.717) is 16.7 Å². The lowest BCUT2D eigenvalue weighted by molar-refractivity contribution is -0.138. The van der Waals surface area contributed by atoms with Crippen LogP contribution in [0.25, 0.3) is 22.0 Å². The fraction of sp³-hybridized carbons (Fsp3) is 0.348. The van der Waals surface area contributed by atoms with Gasteiger partial charge in [0.2, 0.25) is 11.8 Å². The SMILES string of the molecule is CC(=O)c1nn(CC(=O)N2C[C@H](F)C[C@H]2C(=O)NCC#N)c2ccc(-c3cnc(C)nc3)cc12. The van der Waals surface area contributed by atoms with Gasteiger partial charge >= 0.3 is 0 Å². The van der Waals surface area contributed by atoms with Gasteiger partial charge in [0, 0.05) is 36.7 Å². The van der Waals surface area contributed by atoms with Crippen LogP contribution in [0.3, 0.4) is 0 Å². The average molecular weight is 463 g/mol. The zero-order valence-corrected chi connectivity index (χ0v) is 18.7. The number of hydrogen-bond acceptors (Lipinski definition) is 7. The third kappa shape index (κ3) is 4.47. The summed E-state index contributed by atoms with van der Waals surface area (Å²) in [5, 5.41) is 15.9. The van der Waals surface area contributed by atoms with Crippen LogP contribution < -0.4 is 5.32 Å². The van der Waals surface area contributed by atoms with Crippen LogP contribution in [-0.2, 0) is 16.1 Å². The third-order valence-electron chi connectivity index (χ3n) is 5.70. The van der Waals surface area contributed by atoms with Gasteiger partial charge in [0.15, 0.2) is 5.78 Å². The van der Waals surface area contributed by atoms with E-state index in [0.717, 1.165) is 16.0 Å². The Morgan fingerprint density at radius 2 is 1.97 bits per heavy atom. The maximum absolute atomic E-state index is 14.1. The van der Waals surface area contributed by atoms with Gasteiger partial charge in [-0.25, -0.2) is 14.4 Å². The van der Waals surface area contributed by atoms with Gasteiger partial charge in [-0.2, -0.15) is 10.4 Å². The molecule has 10 nitrogen and oxygen atoms in total. The predicted octanol–water partition coefficient (Wildman–Crippen LogP) is 1.58. The minimum Gasteiger partial charge on any atom is -0.341 e. The van der Waals surface area contributed by atoms with Gasteiger partial charge in [-0.05, 0) is 24.6 Å². The summed E-state index contributed by atoms with van der Waals surface area (Å²) in [7, 11) is 0. The number of carbonyl (C=O) groups is 3. The summed E-state index contributed by atoms with van der Waals surface area (Å²) in [6.45, 7) is 2.45. The first-order chi connectivity index (χ1) is 16.3. The second kappa shape index (κ2) is 9.35. The first-order valence-electron chi connectivity index (χ1n) is 10.7. The number of hydrogen-bond donors (Lipinski definition) is 1. The zero-order chi connectivity index (χ0) is 24.4. The predicted molar refractivity (Wildman–Crippen MR) is 119 cm³/mol. The molecule has 1 fully saturated rings. The van der Waals surface area contributed by atoms with E-state index in [1.165, 1.54) is 11.6 Å². The van der Waals surface area contributed by atoms with Crippen molar-refractivity contribution in [1.29, 1.82) is 5.26 Å². The number of Topliss-reactive ketones (excluding diaryl/α,β-unsaturated/α-hetero) is 1. The van der Waals surface area contributed by atoms with Gasteiger partial charge in [0.1, 0.15) is 36.8 Å². The Kier molecular flexibility index (Phi) is 6.32. The molecule has 34 heavy (non-hydrogen) atoms. The van der Waals surface area contributed by atoms with Crippen molar-refractivity contribution in [2.24, 2.45) is 0 Å². The Bertz CT molecular complexity index is 1310. The standard InChI is InChI=1S/C23H22FN7O3/c1-13(32)22-18-7-15(16-9-27-14(2)28-10-16)3-4-19(18)31(29-22)12-21(33)30-11-17(24)8-20(30)23(34)26-6-5-25/h3-4,7,9-10,17,20H,6,8,11-12H2,1-2H3,(H,26,34)/t17-,20+/m1/s1. The van der Waals surface area contributed by atoms with E-state index in [-0.39, 0.29) is 37.5 Å². The number of aryl methyl sites for hydroxylation is 1. The minimum absolute atomic E-state index is 0.135. The largest absolute Gasteiger partial charge is 0.341 e. The highest BCUT2D eigenvalue weighted by molar-refractivity contribution is 6.06. The van der Waals surface area contributed by atoms with Gasteiger partial charge in [0.05, 0.1) is 18.1 Å². The molecule has 1 aliphatic rings. The molecule has 174 valence electrons. The van der Waals surface area contributed by atoms with Crippen LogP contribution in [0.4, 0.5) is 4.39 Å². The number of carbonyl (C=O) groups excluding carboxylic acids is 3. The molecule has 0 bridgehead atoms. The average Bonchev–Trinajstić information content (AvgIpc) is 3.38. The highest BCUT2D eigenvalue weighted by atomic mass is 19.1. The van der Waals surface area contributed by atoms with Crippen molar-refractivity contribution >= 4 is 28.5 Å². The second-order valence-electron chi connectivity index (χ2n) is 8.08. The number of nitrogens with one attached hydrogen (secondary N) is 1. The fourth-order valence-corrected chi connectivity index (χ4v) is 4.05. The Morgan fingerprint density at radius 3 is 2.65 bits per heavy atom. The van der Waals surface area contributed by atoms with Gasteiger partial charge in [-0.3, -0.25) is 19.1 Å². The van der Waals surface area contributed by atoms with Gasteiger partial charge in [-0.15, -0.1) is 0 Å². The molecule has 0 spiro atoms. The number of ketones is 1. The summed E-state index contributed by atoms with van der Waals surface area (Å²) in [6.07, 6.45) is 1.89. The maximum atomic E-state index is 14.1. The number of aromatic nitrogens is 4. The molecule has 1 N–H and O–H groups in total. The molecule has 2 atom stereocenters. The van der Waals surface area contributed by atoms with Crippen molar-refractivity contribution in [3.63, 3.8) is 0 Å². The number of benzene rings is 1. The van der Waals surface area contributed by atoms with Crippen molar-refractivity contribution in [3.05, 3.63) is 42.1 Å². The molecule has 3 heterocycles. The summed E-state index contributed by atoms with van der Waals surface area (Å²) < 4.78 is 15.5. The van der Waals surface area contributed by atoms with Gasteiger partial charge in [0.25, 0.3) is 0 Å². The van der Waals surface area contributed by atoms with Crippen molar-refractivity contribution < 1.29 is 18.8 Å². The molecule has 0 aliphatic carbocycles. The van der Waals surface area contributed by atoms with Crippen LogP contribution in [0.1, 0.15) is 29.7 Å². The number of fused-ring (bicyclic) bond motifs is 1. The molecule has 11 heteroatoms. The number of nitriles is 1. The highest BCUT2D eigenvalue weighted by Crippen LogP contribution is 2.27. The Hall–Kier alpha value is -4.20. The van der Waals surface area contributed by atoms with E-state index in [2.05, 4.69) is 20.4 Å². The molecule has 1 saturated heterocycles. The Morgan fingerprint density at radius 1 is 1.24 bits per heavy atom. The van der Waals surface area contributed by atoms with E-state index in [4.69, 9.17) is 5.26 Å². The van der Waals surface area contributed by atoms with Gasteiger partial charge in [-0.1, -0.05) is 6.07 Å². The number of halogens is 1. The molecule has 4 rings (SSSR count). The molecule has 3 aromatic rings. The number of nitrogens with zero attached hydrogens (tertiary/aromatic N) is 6. The molecule has 0 unspecified atom stereocenters. The number of likely N-dealkylation sites (tertiary alicyclic amines) is 1. The van der Waals surface area contributed by atoms with E-state index >= 15 is 0 Å². The Labute approximate surface area is 194 Å². The number of alkyl halides is 1. The van der Waals surface area contributed by atoms with E-state index in [1.807, 2.05) is 6.07 Å². The van der Waals surface area contributed by atoms with Crippen LogP contribution in [0.15, 0.2) is 30.6 Å². The monoisotopic (exact) mass is 463 g/mol. The van der Waals surface area contributed by atoms with E-state index in [1.54, 1.807) is 37.5 Å². The van der Waals surface area contributed by atoms with E-state index < -0.39 is 24.0 Å². The molecule has 2 aromatic heterocycles. The lowest BCUT2D eigenvalue weighted by Gasteiger charge is -2.23. The second-order valence-corrected chi connectivity index (χ2v) is 8.08.